The number of anilines is 3. The van der Waals surface area contributed by atoms with Gasteiger partial charge in [0.05, 0.1) is 11.1 Å². The molecule has 12 rings (SSSR count). The van der Waals surface area contributed by atoms with Crippen molar-refractivity contribution in [1.29, 1.82) is 0 Å². The molecular formula is C62H47NO2. The first-order valence-electron chi connectivity index (χ1n) is 22.6. The van der Waals surface area contributed by atoms with Crippen molar-refractivity contribution >= 4 is 17.1 Å². The summed E-state index contributed by atoms with van der Waals surface area (Å²) in [6, 6.07) is 76.2. The van der Waals surface area contributed by atoms with Crippen LogP contribution >= 0.6 is 0 Å². The highest BCUT2D eigenvalue weighted by Gasteiger charge is 2.48. The van der Waals surface area contributed by atoms with E-state index in [0.29, 0.717) is 0 Å². The third-order valence-electron chi connectivity index (χ3n) is 13.8. The molecule has 312 valence electrons. The van der Waals surface area contributed by atoms with Gasteiger partial charge >= 0.3 is 0 Å². The summed E-state index contributed by atoms with van der Waals surface area (Å²) in [5.41, 5.74) is 18.8. The van der Waals surface area contributed by atoms with Crippen LogP contribution in [0.1, 0.15) is 50.3 Å². The van der Waals surface area contributed by atoms with Gasteiger partial charge < -0.3 is 13.7 Å². The van der Waals surface area contributed by atoms with E-state index in [1.54, 1.807) is 0 Å². The molecule has 65 heavy (non-hydrogen) atoms. The van der Waals surface area contributed by atoms with Crippen LogP contribution in [0.2, 0.25) is 0 Å². The first-order valence-corrected chi connectivity index (χ1v) is 22.6. The van der Waals surface area contributed by atoms with Crippen LogP contribution in [0.4, 0.5) is 17.1 Å². The van der Waals surface area contributed by atoms with E-state index in [1.165, 1.54) is 27.8 Å². The predicted molar refractivity (Wildman–Crippen MR) is 268 cm³/mol. The van der Waals surface area contributed by atoms with Crippen molar-refractivity contribution in [3.63, 3.8) is 0 Å². The van der Waals surface area contributed by atoms with Crippen LogP contribution in [0.3, 0.4) is 0 Å². The molecule has 2 aromatic heterocycles. The summed E-state index contributed by atoms with van der Waals surface area (Å²) in [5, 5.41) is 0. The molecule has 10 aromatic rings. The standard InChI is InChI=1S/C62H47NO2/c1-61(2)50-31-19-17-30-48(50)49-38-37-46(39-51(49)61)63(52-32-20-18-29-47(52)40-21-9-5-10-22-40)45-35-33-42(34-36-45)54-56-55-53(41-23-11-6-12-24-41)57(43-25-13-7-14-26-43)64-59(55)62(3,4)60(56)65-58(54)44-27-15-8-16-28-44/h5-39H,1-4H3. The van der Waals surface area contributed by atoms with E-state index in [-0.39, 0.29) is 5.41 Å². The average molecular weight is 838 g/mol. The third kappa shape index (κ3) is 6.03. The Bertz CT molecular complexity index is 3390. The van der Waals surface area contributed by atoms with E-state index in [1.807, 2.05) is 0 Å². The Balaban J connectivity index is 1.07. The van der Waals surface area contributed by atoms with Crippen LogP contribution in [-0.4, -0.2) is 0 Å². The first kappa shape index (κ1) is 38.8. The van der Waals surface area contributed by atoms with Crippen molar-refractivity contribution in [2.45, 2.75) is 38.5 Å². The molecule has 0 saturated heterocycles. The highest BCUT2D eigenvalue weighted by atomic mass is 16.4. The average Bonchev–Trinajstić information content (AvgIpc) is 4.07. The summed E-state index contributed by atoms with van der Waals surface area (Å²) in [5.74, 6) is 3.57. The fourth-order valence-corrected chi connectivity index (χ4v) is 10.6. The Morgan fingerprint density at radius 2 is 0.754 bits per heavy atom. The van der Waals surface area contributed by atoms with Gasteiger partial charge in [-0.15, -0.1) is 0 Å². The number of fused-ring (bicyclic) bond motifs is 6. The number of hydrogen-bond acceptors (Lipinski definition) is 3. The highest BCUT2D eigenvalue weighted by molar-refractivity contribution is 6.05. The van der Waals surface area contributed by atoms with Gasteiger partial charge in [-0.05, 0) is 83.1 Å². The maximum Gasteiger partial charge on any atom is 0.142 e. The molecule has 2 aliphatic rings. The SMILES string of the molecule is CC1(C)c2ccccc2-c2ccc(N(c3ccc(-c4c(-c5ccccc5)oc5c4-c4c(oc(-c6ccccc6)c4-c4ccccc4)C5(C)C)cc3)c3ccccc3-c3ccccc3)cc21. The lowest BCUT2D eigenvalue weighted by Gasteiger charge is -2.30. The number of rotatable bonds is 8. The van der Waals surface area contributed by atoms with E-state index < -0.39 is 5.41 Å². The lowest BCUT2D eigenvalue weighted by Crippen LogP contribution is -2.16. The largest absolute Gasteiger partial charge is 0.459 e. The van der Waals surface area contributed by atoms with E-state index in [9.17, 15) is 0 Å². The summed E-state index contributed by atoms with van der Waals surface area (Å²) in [7, 11) is 0. The second-order valence-electron chi connectivity index (χ2n) is 18.4. The molecule has 3 heteroatoms. The second-order valence-corrected chi connectivity index (χ2v) is 18.4. The molecule has 3 nitrogen and oxygen atoms in total. The Morgan fingerprint density at radius 1 is 0.323 bits per heavy atom. The Labute approximate surface area is 380 Å². The minimum absolute atomic E-state index is 0.148. The molecular weight excluding hydrogens is 791 g/mol. The maximum absolute atomic E-state index is 7.19. The van der Waals surface area contributed by atoms with Crippen LogP contribution < -0.4 is 4.90 Å². The first-order chi connectivity index (χ1) is 31.8. The van der Waals surface area contributed by atoms with E-state index in [4.69, 9.17) is 8.83 Å². The molecule has 0 aliphatic heterocycles. The van der Waals surface area contributed by atoms with E-state index in [0.717, 1.165) is 90.2 Å². The smallest absolute Gasteiger partial charge is 0.142 e. The number of para-hydroxylation sites is 1. The molecule has 0 bridgehead atoms. The summed E-state index contributed by atoms with van der Waals surface area (Å²) in [4.78, 5) is 2.43. The summed E-state index contributed by atoms with van der Waals surface area (Å²) in [6.07, 6.45) is 0. The second kappa shape index (κ2) is 14.9. The molecule has 0 saturated carbocycles. The number of benzene rings is 8. The molecule has 2 heterocycles. The van der Waals surface area contributed by atoms with Crippen molar-refractivity contribution in [1.82, 2.24) is 0 Å². The summed E-state index contributed by atoms with van der Waals surface area (Å²) in [6.45, 7) is 9.17. The summed E-state index contributed by atoms with van der Waals surface area (Å²) >= 11 is 0. The Hall–Kier alpha value is -7.88. The topological polar surface area (TPSA) is 29.5 Å². The van der Waals surface area contributed by atoms with Crippen LogP contribution in [0, 0.1) is 0 Å². The molecule has 0 N–H and O–H groups in total. The van der Waals surface area contributed by atoms with Crippen molar-refractivity contribution in [3.8, 4) is 78.3 Å². The van der Waals surface area contributed by atoms with Crippen LogP contribution in [0.25, 0.3) is 78.3 Å². The number of hydrogen-bond donors (Lipinski definition) is 0. The van der Waals surface area contributed by atoms with Gasteiger partial charge in [0, 0.05) is 55.7 Å². The zero-order valence-corrected chi connectivity index (χ0v) is 37.0. The molecule has 0 fully saturated rings. The monoisotopic (exact) mass is 837 g/mol. The molecule has 0 spiro atoms. The molecule has 0 unspecified atom stereocenters. The van der Waals surface area contributed by atoms with Gasteiger partial charge in [0.15, 0.2) is 0 Å². The number of furan rings is 2. The fraction of sp³-hybridized carbons (Fsp3) is 0.0968. The molecule has 0 amide bonds. The van der Waals surface area contributed by atoms with Crippen molar-refractivity contribution in [2.24, 2.45) is 0 Å². The van der Waals surface area contributed by atoms with Gasteiger partial charge in [0.1, 0.15) is 23.0 Å². The van der Waals surface area contributed by atoms with Crippen molar-refractivity contribution in [3.05, 3.63) is 235 Å². The van der Waals surface area contributed by atoms with Crippen molar-refractivity contribution < 1.29 is 8.83 Å². The van der Waals surface area contributed by atoms with E-state index in [2.05, 4.69) is 245 Å². The minimum atomic E-state index is -0.540. The van der Waals surface area contributed by atoms with Gasteiger partial charge in [-0.25, -0.2) is 0 Å². The fourth-order valence-electron chi connectivity index (χ4n) is 10.6. The predicted octanol–water partition coefficient (Wildman–Crippen LogP) is 17.3. The zero-order chi connectivity index (χ0) is 43.9. The Kier molecular flexibility index (Phi) is 8.86. The maximum atomic E-state index is 7.19. The van der Waals surface area contributed by atoms with Crippen LogP contribution in [0.15, 0.2) is 221 Å². The lowest BCUT2D eigenvalue weighted by atomic mass is 9.82. The van der Waals surface area contributed by atoms with Crippen LogP contribution in [-0.2, 0) is 10.8 Å². The molecule has 0 atom stereocenters. The molecule has 2 aliphatic carbocycles. The van der Waals surface area contributed by atoms with Crippen LogP contribution in [0.5, 0.6) is 0 Å². The molecule has 0 radical (unpaired) electrons. The molecule has 8 aromatic carbocycles. The van der Waals surface area contributed by atoms with Gasteiger partial charge in [0.2, 0.25) is 0 Å². The Morgan fingerprint density at radius 3 is 1.32 bits per heavy atom. The van der Waals surface area contributed by atoms with Gasteiger partial charge in [0.25, 0.3) is 0 Å². The van der Waals surface area contributed by atoms with Gasteiger partial charge in [-0.1, -0.05) is 196 Å². The highest BCUT2D eigenvalue weighted by Crippen LogP contribution is 2.62. The van der Waals surface area contributed by atoms with Gasteiger partial charge in [-0.2, -0.15) is 0 Å². The van der Waals surface area contributed by atoms with E-state index >= 15 is 0 Å². The zero-order valence-electron chi connectivity index (χ0n) is 37.0. The number of nitrogens with zero attached hydrogens (tertiary/aromatic N) is 1. The lowest BCUT2D eigenvalue weighted by molar-refractivity contribution is 0.383. The third-order valence-corrected chi connectivity index (χ3v) is 13.8. The minimum Gasteiger partial charge on any atom is -0.459 e. The summed E-state index contributed by atoms with van der Waals surface area (Å²) < 4.78 is 14.3. The van der Waals surface area contributed by atoms with Gasteiger partial charge in [-0.3, -0.25) is 0 Å². The normalized spacial score (nSPS) is 13.8. The van der Waals surface area contributed by atoms with Crippen molar-refractivity contribution in [2.75, 3.05) is 4.90 Å². The quantitative estimate of drug-likeness (QED) is 0.153.